The fraction of sp³-hybridized carbons (Fsp3) is 0.0526. The molecule has 2 aromatic heterocycles. The monoisotopic (exact) mass is 469 g/mol. The smallest absolute Gasteiger partial charge is 0.269 e. The van der Waals surface area contributed by atoms with Crippen molar-refractivity contribution in [1.82, 2.24) is 19.8 Å². The Balaban J connectivity index is 1.53. The van der Waals surface area contributed by atoms with E-state index in [9.17, 15) is 14.9 Å². The zero-order valence-electron chi connectivity index (χ0n) is 14.7. The van der Waals surface area contributed by atoms with E-state index in [1.54, 1.807) is 4.52 Å². The van der Waals surface area contributed by atoms with E-state index in [0.29, 0.717) is 16.4 Å². The van der Waals surface area contributed by atoms with Gasteiger partial charge in [-0.05, 0) is 36.4 Å². The van der Waals surface area contributed by atoms with Crippen LogP contribution in [0, 0.1) is 10.1 Å². The highest BCUT2D eigenvalue weighted by atomic mass is 79.9. The zero-order chi connectivity index (χ0) is 20.4. The van der Waals surface area contributed by atoms with E-state index in [1.807, 2.05) is 36.4 Å². The van der Waals surface area contributed by atoms with E-state index in [0.717, 1.165) is 15.7 Å². The molecule has 10 heteroatoms. The van der Waals surface area contributed by atoms with Gasteiger partial charge in [0.25, 0.3) is 5.69 Å². The summed E-state index contributed by atoms with van der Waals surface area (Å²) in [4.78, 5) is 22.6. The number of halogens is 1. The number of nitro groups is 1. The first-order chi connectivity index (χ1) is 14.0. The fourth-order valence-electron chi connectivity index (χ4n) is 2.62. The van der Waals surface area contributed by atoms with Crippen LogP contribution in [0.5, 0.6) is 0 Å². The average molecular weight is 470 g/mol. The highest BCUT2D eigenvalue weighted by Crippen LogP contribution is 2.23. The van der Waals surface area contributed by atoms with Gasteiger partial charge in [0.15, 0.2) is 11.4 Å². The van der Waals surface area contributed by atoms with Gasteiger partial charge >= 0.3 is 0 Å². The standard InChI is InChI=1S/C19H12BrN5O3S/c20-14-5-1-12(2-6-14)16-9-10-18-21-22-19(24(18)23-16)29-11-17(26)13-3-7-15(8-4-13)25(27)28/h1-10H,11H2. The molecule has 0 spiro atoms. The van der Waals surface area contributed by atoms with Crippen LogP contribution < -0.4 is 0 Å². The molecule has 2 aromatic carbocycles. The molecule has 0 fully saturated rings. The molecule has 2 heterocycles. The van der Waals surface area contributed by atoms with Crippen LogP contribution in [-0.4, -0.2) is 36.3 Å². The highest BCUT2D eigenvalue weighted by Gasteiger charge is 2.14. The maximum Gasteiger partial charge on any atom is 0.269 e. The maximum absolute atomic E-state index is 12.4. The molecule has 0 aliphatic carbocycles. The maximum atomic E-state index is 12.4. The number of hydrogen-bond donors (Lipinski definition) is 0. The molecule has 4 rings (SSSR count). The summed E-state index contributed by atoms with van der Waals surface area (Å²) in [5.74, 6) is -0.0475. The topological polar surface area (TPSA) is 103 Å². The number of rotatable bonds is 6. The summed E-state index contributed by atoms with van der Waals surface area (Å²) in [6.45, 7) is 0. The lowest BCUT2D eigenvalue weighted by Crippen LogP contribution is -2.04. The van der Waals surface area contributed by atoms with Crippen molar-refractivity contribution in [2.75, 3.05) is 5.75 Å². The molecule has 0 amide bonds. The Labute approximate surface area is 177 Å². The second-order valence-corrected chi connectivity index (χ2v) is 7.85. The SMILES string of the molecule is O=C(CSc1nnc2ccc(-c3ccc(Br)cc3)nn12)c1ccc([N+](=O)[O-])cc1. The number of fused-ring (bicyclic) bond motifs is 1. The van der Waals surface area contributed by atoms with Gasteiger partial charge in [-0.25, -0.2) is 0 Å². The Bertz CT molecular complexity index is 1210. The second-order valence-electron chi connectivity index (χ2n) is 5.99. The van der Waals surface area contributed by atoms with Gasteiger partial charge in [-0.15, -0.1) is 10.2 Å². The number of aromatic nitrogens is 4. The Kier molecular flexibility index (Phi) is 5.36. The number of nitro benzene ring substituents is 1. The molecule has 8 nitrogen and oxygen atoms in total. The van der Waals surface area contributed by atoms with E-state index in [-0.39, 0.29) is 17.2 Å². The van der Waals surface area contributed by atoms with E-state index >= 15 is 0 Å². The van der Waals surface area contributed by atoms with Crippen LogP contribution in [0.15, 0.2) is 70.3 Å². The van der Waals surface area contributed by atoms with Crippen LogP contribution in [0.25, 0.3) is 16.9 Å². The van der Waals surface area contributed by atoms with Gasteiger partial charge in [-0.2, -0.15) is 9.61 Å². The summed E-state index contributed by atoms with van der Waals surface area (Å²) in [6, 6.07) is 17.0. The minimum Gasteiger partial charge on any atom is -0.293 e. The van der Waals surface area contributed by atoms with Gasteiger partial charge in [0, 0.05) is 27.7 Å². The minimum absolute atomic E-state index is 0.0534. The van der Waals surface area contributed by atoms with Crippen LogP contribution in [0.3, 0.4) is 0 Å². The average Bonchev–Trinajstić information content (AvgIpc) is 3.15. The zero-order valence-corrected chi connectivity index (χ0v) is 17.1. The molecular weight excluding hydrogens is 458 g/mol. The molecular formula is C19H12BrN5O3S. The third-order valence-corrected chi connectivity index (χ3v) is 5.55. The van der Waals surface area contributed by atoms with Crippen molar-refractivity contribution in [1.29, 1.82) is 0 Å². The van der Waals surface area contributed by atoms with E-state index in [1.165, 1.54) is 36.0 Å². The number of benzene rings is 2. The number of thioether (sulfide) groups is 1. The molecule has 4 aromatic rings. The van der Waals surface area contributed by atoms with Gasteiger partial charge in [-0.3, -0.25) is 14.9 Å². The first-order valence-corrected chi connectivity index (χ1v) is 10.2. The molecule has 0 N–H and O–H groups in total. The second kappa shape index (κ2) is 8.10. The first kappa shape index (κ1) is 19.2. The van der Waals surface area contributed by atoms with Crippen LogP contribution in [0.2, 0.25) is 0 Å². The largest absolute Gasteiger partial charge is 0.293 e. The molecule has 144 valence electrons. The molecule has 29 heavy (non-hydrogen) atoms. The summed E-state index contributed by atoms with van der Waals surface area (Å²) >= 11 is 4.63. The number of carbonyl (C=O) groups is 1. The molecule has 0 radical (unpaired) electrons. The molecule has 0 unspecified atom stereocenters. The van der Waals surface area contributed by atoms with Crippen molar-refractivity contribution in [3.8, 4) is 11.3 Å². The predicted molar refractivity (Wildman–Crippen MR) is 112 cm³/mol. The van der Waals surface area contributed by atoms with E-state index in [4.69, 9.17) is 0 Å². The molecule has 0 atom stereocenters. The van der Waals surface area contributed by atoms with E-state index in [2.05, 4.69) is 31.2 Å². The number of non-ortho nitro benzene ring substituents is 1. The van der Waals surface area contributed by atoms with Crippen molar-refractivity contribution < 1.29 is 9.72 Å². The fourth-order valence-corrected chi connectivity index (χ4v) is 3.66. The Hall–Kier alpha value is -3.11. The molecule has 0 aliphatic rings. The van der Waals surface area contributed by atoms with E-state index < -0.39 is 4.92 Å². The lowest BCUT2D eigenvalue weighted by atomic mass is 10.1. The normalized spacial score (nSPS) is 10.9. The first-order valence-electron chi connectivity index (χ1n) is 8.40. The lowest BCUT2D eigenvalue weighted by molar-refractivity contribution is -0.384. The Morgan fingerprint density at radius 3 is 2.45 bits per heavy atom. The van der Waals surface area contributed by atoms with Crippen LogP contribution in [-0.2, 0) is 0 Å². The highest BCUT2D eigenvalue weighted by molar-refractivity contribution is 9.10. The number of ketones is 1. The van der Waals surface area contributed by atoms with Crippen molar-refractivity contribution in [3.63, 3.8) is 0 Å². The Morgan fingerprint density at radius 1 is 1.03 bits per heavy atom. The predicted octanol–water partition coefficient (Wildman–Crippen LogP) is 4.44. The van der Waals surface area contributed by atoms with Gasteiger partial charge in [0.05, 0.1) is 16.4 Å². The Morgan fingerprint density at radius 2 is 1.76 bits per heavy atom. The quantitative estimate of drug-likeness (QED) is 0.178. The van der Waals surface area contributed by atoms with Gasteiger partial charge in [0.2, 0.25) is 5.16 Å². The number of carbonyl (C=O) groups excluding carboxylic acids is 1. The number of Topliss-reactive ketones (excluding diaryl/α,β-unsaturated/α-hetero) is 1. The minimum atomic E-state index is -0.500. The molecule has 0 saturated carbocycles. The van der Waals surface area contributed by atoms with Gasteiger partial charge < -0.3 is 0 Å². The van der Waals surface area contributed by atoms with Gasteiger partial charge in [0.1, 0.15) is 0 Å². The number of hydrogen-bond acceptors (Lipinski definition) is 7. The summed E-state index contributed by atoms with van der Waals surface area (Å²) in [6.07, 6.45) is 0. The van der Waals surface area contributed by atoms with Crippen LogP contribution in [0.4, 0.5) is 5.69 Å². The lowest BCUT2D eigenvalue weighted by Gasteiger charge is -2.04. The third kappa shape index (κ3) is 4.17. The molecule has 0 bridgehead atoms. The van der Waals surface area contributed by atoms with Crippen LogP contribution in [0.1, 0.15) is 10.4 Å². The van der Waals surface area contributed by atoms with Crippen molar-refractivity contribution in [2.45, 2.75) is 5.16 Å². The number of nitrogens with zero attached hydrogens (tertiary/aromatic N) is 5. The summed E-state index contributed by atoms with van der Waals surface area (Å²) in [5.41, 5.74) is 2.63. The van der Waals surface area contributed by atoms with Crippen LogP contribution >= 0.6 is 27.7 Å². The third-order valence-electron chi connectivity index (χ3n) is 4.11. The van der Waals surface area contributed by atoms with Gasteiger partial charge in [-0.1, -0.05) is 39.8 Å². The van der Waals surface area contributed by atoms with Crippen molar-refractivity contribution in [3.05, 3.63) is 80.8 Å². The molecule has 0 saturated heterocycles. The van der Waals surface area contributed by atoms with Crippen molar-refractivity contribution in [2.24, 2.45) is 0 Å². The summed E-state index contributed by atoms with van der Waals surface area (Å²) in [5, 5.41) is 24.0. The molecule has 0 aliphatic heterocycles. The van der Waals surface area contributed by atoms with Crippen molar-refractivity contribution >= 4 is 44.8 Å². The summed E-state index contributed by atoms with van der Waals surface area (Å²) in [7, 11) is 0. The summed E-state index contributed by atoms with van der Waals surface area (Å²) < 4.78 is 2.58.